The first-order valence-electron chi connectivity index (χ1n) is 6.04. The van der Waals surface area contributed by atoms with Crippen LogP contribution in [0.3, 0.4) is 0 Å². The number of carbonyl (C=O) groups is 1. The number of pyridine rings is 1. The average Bonchev–Trinajstić information content (AvgIpc) is 2.82. The van der Waals surface area contributed by atoms with E-state index in [1.54, 1.807) is 25.4 Å². The van der Waals surface area contributed by atoms with Gasteiger partial charge < -0.3 is 4.74 Å². The van der Waals surface area contributed by atoms with Crippen molar-refractivity contribution in [1.82, 2.24) is 19.9 Å². The maximum atomic E-state index is 11.5. The van der Waals surface area contributed by atoms with E-state index in [2.05, 4.69) is 20.6 Å². The van der Waals surface area contributed by atoms with Crippen LogP contribution in [0.5, 0.6) is 0 Å². The number of amides is 1. The summed E-state index contributed by atoms with van der Waals surface area (Å²) in [5, 5.41) is 8.11. The zero-order valence-electron chi connectivity index (χ0n) is 10.8. The number of rotatable bonds is 4. The van der Waals surface area contributed by atoms with Gasteiger partial charge in [-0.3, -0.25) is 4.98 Å². The highest BCUT2D eigenvalue weighted by Crippen LogP contribution is 2.15. The highest BCUT2D eigenvalue weighted by atomic mass is 16.6. The molecule has 1 N–H and O–H groups in total. The van der Waals surface area contributed by atoms with Crippen molar-refractivity contribution in [3.63, 3.8) is 0 Å². The molecule has 2 aromatic rings. The molecule has 2 rings (SSSR count). The van der Waals surface area contributed by atoms with Crippen molar-refractivity contribution in [1.29, 1.82) is 0 Å². The van der Waals surface area contributed by atoms with Gasteiger partial charge in [-0.05, 0) is 19.1 Å². The van der Waals surface area contributed by atoms with Crippen LogP contribution < -0.4 is 5.43 Å². The van der Waals surface area contributed by atoms with Gasteiger partial charge in [0.25, 0.3) is 0 Å². The minimum absolute atomic E-state index is 0.303. The molecule has 0 aliphatic carbocycles. The summed E-state index contributed by atoms with van der Waals surface area (Å²) >= 11 is 0. The lowest BCUT2D eigenvalue weighted by Gasteiger charge is -2.10. The molecule has 1 amide bonds. The smallest absolute Gasteiger partial charge is 0.426 e. The van der Waals surface area contributed by atoms with Gasteiger partial charge in [-0.1, -0.05) is 6.92 Å². The molecule has 0 atom stereocenters. The van der Waals surface area contributed by atoms with Crippen LogP contribution in [0.4, 0.5) is 4.79 Å². The third kappa shape index (κ3) is 2.87. The van der Waals surface area contributed by atoms with E-state index < -0.39 is 6.09 Å². The van der Waals surface area contributed by atoms with E-state index in [-0.39, 0.29) is 0 Å². The van der Waals surface area contributed by atoms with E-state index >= 15 is 0 Å². The molecule has 0 spiro atoms. The molecule has 0 saturated carbocycles. The van der Waals surface area contributed by atoms with Crippen LogP contribution in [0.15, 0.2) is 24.5 Å². The van der Waals surface area contributed by atoms with Crippen LogP contribution in [0, 0.1) is 0 Å². The monoisotopic (exact) mass is 261 g/mol. The number of aromatic nitrogens is 4. The first-order chi connectivity index (χ1) is 9.26. The van der Waals surface area contributed by atoms with Crippen LogP contribution in [0.2, 0.25) is 0 Å². The van der Waals surface area contributed by atoms with E-state index in [1.807, 2.05) is 13.0 Å². The number of hydrogen-bond acceptors (Lipinski definition) is 5. The molecule has 0 radical (unpaired) electrons. The molecule has 0 aliphatic rings. The van der Waals surface area contributed by atoms with Crippen LogP contribution in [0.1, 0.15) is 19.7 Å². The van der Waals surface area contributed by atoms with Crippen molar-refractivity contribution in [3.05, 3.63) is 30.4 Å². The van der Waals surface area contributed by atoms with Crippen molar-refractivity contribution in [3.8, 4) is 11.4 Å². The number of hydrogen-bond donors (Lipinski definition) is 1. The van der Waals surface area contributed by atoms with Crippen LogP contribution in [-0.4, -0.2) is 32.6 Å². The summed E-state index contributed by atoms with van der Waals surface area (Å²) in [6, 6.07) is 3.64. The maximum Gasteiger partial charge on any atom is 0.426 e. The summed E-state index contributed by atoms with van der Waals surface area (Å²) in [5.41, 5.74) is 3.38. The van der Waals surface area contributed by atoms with Gasteiger partial charge in [0, 0.05) is 24.4 Å². The Balaban J connectivity index is 2.35. The second kappa shape index (κ2) is 5.94. The standard InChI is InChI=1S/C12H15N5O2/c1-3-10-14-15-11(9-6-5-7-13-8-9)17(10)16-12(18)19-4-2/h5-8H,3-4H2,1-2H3,(H,16,18). The van der Waals surface area contributed by atoms with E-state index in [9.17, 15) is 4.79 Å². The average molecular weight is 261 g/mol. The van der Waals surface area contributed by atoms with E-state index in [0.717, 1.165) is 5.56 Å². The fourth-order valence-corrected chi connectivity index (χ4v) is 1.60. The summed E-state index contributed by atoms with van der Waals surface area (Å²) < 4.78 is 6.39. The number of ether oxygens (including phenoxy) is 1. The molecule has 0 aliphatic heterocycles. The van der Waals surface area contributed by atoms with Gasteiger partial charge in [-0.25, -0.2) is 14.9 Å². The summed E-state index contributed by atoms with van der Waals surface area (Å²) in [4.78, 5) is 15.6. The Kier molecular flexibility index (Phi) is 4.07. The Hall–Kier alpha value is -2.44. The number of aryl methyl sites for hydroxylation is 1. The third-order valence-electron chi connectivity index (χ3n) is 2.44. The Morgan fingerprint density at radius 3 is 2.89 bits per heavy atom. The second-order valence-corrected chi connectivity index (χ2v) is 3.70. The summed E-state index contributed by atoms with van der Waals surface area (Å²) in [5.74, 6) is 1.17. The van der Waals surface area contributed by atoms with Gasteiger partial charge >= 0.3 is 6.09 Å². The molecule has 19 heavy (non-hydrogen) atoms. The molecule has 0 bridgehead atoms. The Morgan fingerprint density at radius 2 is 2.26 bits per heavy atom. The maximum absolute atomic E-state index is 11.5. The zero-order chi connectivity index (χ0) is 13.7. The molecule has 2 aromatic heterocycles. The van der Waals surface area contributed by atoms with E-state index in [1.165, 1.54) is 4.68 Å². The minimum atomic E-state index is -0.540. The van der Waals surface area contributed by atoms with Gasteiger partial charge in [0.15, 0.2) is 11.6 Å². The number of nitrogens with one attached hydrogen (secondary N) is 1. The van der Waals surface area contributed by atoms with Gasteiger partial charge in [-0.2, -0.15) is 0 Å². The quantitative estimate of drug-likeness (QED) is 0.904. The Bertz CT molecular complexity index is 553. The molecule has 7 nitrogen and oxygen atoms in total. The molecular formula is C12H15N5O2. The first-order valence-corrected chi connectivity index (χ1v) is 6.04. The molecule has 0 aromatic carbocycles. The molecule has 0 saturated heterocycles. The lowest BCUT2D eigenvalue weighted by Crippen LogP contribution is -2.26. The Labute approximate surface area is 110 Å². The molecule has 0 fully saturated rings. The van der Waals surface area contributed by atoms with Gasteiger partial charge in [0.05, 0.1) is 6.61 Å². The van der Waals surface area contributed by atoms with Crippen LogP contribution in [0.25, 0.3) is 11.4 Å². The minimum Gasteiger partial charge on any atom is -0.449 e. The Morgan fingerprint density at radius 1 is 1.42 bits per heavy atom. The highest BCUT2D eigenvalue weighted by Gasteiger charge is 2.15. The normalized spacial score (nSPS) is 10.2. The van der Waals surface area contributed by atoms with Crippen molar-refractivity contribution >= 4 is 6.09 Å². The summed E-state index contributed by atoms with van der Waals surface area (Å²) in [7, 11) is 0. The number of nitrogens with zero attached hydrogens (tertiary/aromatic N) is 4. The van der Waals surface area contributed by atoms with Gasteiger partial charge in [0.1, 0.15) is 0 Å². The molecule has 2 heterocycles. The largest absolute Gasteiger partial charge is 0.449 e. The topological polar surface area (TPSA) is 81.9 Å². The van der Waals surface area contributed by atoms with Gasteiger partial charge in [-0.15, -0.1) is 10.2 Å². The number of carbonyl (C=O) groups excluding carboxylic acids is 1. The highest BCUT2D eigenvalue weighted by molar-refractivity contribution is 5.76. The molecular weight excluding hydrogens is 246 g/mol. The van der Waals surface area contributed by atoms with Crippen molar-refractivity contribution in [2.75, 3.05) is 12.0 Å². The fourth-order valence-electron chi connectivity index (χ4n) is 1.60. The lowest BCUT2D eigenvalue weighted by molar-refractivity contribution is 0.164. The molecule has 100 valence electrons. The lowest BCUT2D eigenvalue weighted by atomic mass is 10.3. The van der Waals surface area contributed by atoms with Crippen molar-refractivity contribution < 1.29 is 9.53 Å². The fraction of sp³-hybridized carbons (Fsp3) is 0.333. The molecule has 7 heteroatoms. The van der Waals surface area contributed by atoms with Crippen molar-refractivity contribution in [2.45, 2.75) is 20.3 Å². The van der Waals surface area contributed by atoms with Crippen LogP contribution in [-0.2, 0) is 11.2 Å². The summed E-state index contributed by atoms with van der Waals surface area (Å²) in [6.07, 6.45) is 3.43. The van der Waals surface area contributed by atoms with Crippen molar-refractivity contribution in [2.24, 2.45) is 0 Å². The third-order valence-corrected chi connectivity index (χ3v) is 2.44. The second-order valence-electron chi connectivity index (χ2n) is 3.70. The predicted molar refractivity (Wildman–Crippen MR) is 69.0 cm³/mol. The van der Waals surface area contributed by atoms with E-state index in [4.69, 9.17) is 4.74 Å². The first kappa shape index (κ1) is 13.0. The van der Waals surface area contributed by atoms with E-state index in [0.29, 0.717) is 24.7 Å². The molecule has 0 unspecified atom stereocenters. The SMILES string of the molecule is CCOC(=O)Nn1c(CC)nnc1-c1cccnc1. The summed E-state index contributed by atoms with van der Waals surface area (Å²) in [6.45, 7) is 3.98. The van der Waals surface area contributed by atoms with Crippen LogP contribution >= 0.6 is 0 Å². The van der Waals surface area contributed by atoms with Gasteiger partial charge in [0.2, 0.25) is 0 Å². The predicted octanol–water partition coefficient (Wildman–Crippen LogP) is 1.60. The zero-order valence-corrected chi connectivity index (χ0v) is 10.8.